The number of fused-ring (bicyclic) bond motifs is 2. The van der Waals surface area contributed by atoms with Crippen LogP contribution in [0.2, 0.25) is 0 Å². The van der Waals surface area contributed by atoms with E-state index >= 15 is 0 Å². The number of Topliss-reactive ketones (excluding diaryl/α,β-unsaturated/α-hetero) is 2. The van der Waals surface area contributed by atoms with Gasteiger partial charge in [0.2, 0.25) is 0 Å². The van der Waals surface area contributed by atoms with Gasteiger partial charge in [0.25, 0.3) is 0 Å². The number of allylic oxidation sites excluding steroid dienone is 1. The zero-order valence-electron chi connectivity index (χ0n) is 20.7. The molecule has 0 aromatic rings. The number of amides is 1. The van der Waals surface area contributed by atoms with Crippen molar-refractivity contribution in [2.45, 2.75) is 96.7 Å². The Bertz CT molecular complexity index is 691. The fourth-order valence-corrected chi connectivity index (χ4v) is 4.82. The van der Waals surface area contributed by atoms with Gasteiger partial charge in [-0.2, -0.15) is 0 Å². The van der Waals surface area contributed by atoms with E-state index in [1.165, 1.54) is 0 Å². The molecule has 1 saturated heterocycles. The van der Waals surface area contributed by atoms with Crippen molar-refractivity contribution in [1.29, 1.82) is 0 Å². The minimum Gasteiger partial charge on any atom is -0.445 e. The standard InChI is InChI=1S/C25H43N3O4/c1-19(2)22(30)24(5)13-11-9-7-6-8-10-12-16-32-23(31)28-15-14-25(18-28,27-20(3)4)21(29)17-26-24/h10,12,19-20,26-27H,6-9,11,13-18H2,1-5H3/b12-10+/t24-,25+/m0/s1. The van der Waals surface area contributed by atoms with Gasteiger partial charge in [0.05, 0.1) is 17.6 Å². The third-order valence-electron chi connectivity index (χ3n) is 6.60. The Balaban J connectivity index is 2.24. The van der Waals surface area contributed by atoms with Crippen LogP contribution in [-0.4, -0.2) is 65.9 Å². The van der Waals surface area contributed by atoms with E-state index in [1.807, 2.05) is 40.7 Å². The molecule has 1 amide bonds. The second kappa shape index (κ2) is 11.9. The van der Waals surface area contributed by atoms with Crippen molar-refractivity contribution in [3.05, 3.63) is 12.2 Å². The van der Waals surface area contributed by atoms with Gasteiger partial charge in [-0.3, -0.25) is 14.9 Å². The number of nitrogens with zero attached hydrogens (tertiary/aromatic N) is 1. The van der Waals surface area contributed by atoms with E-state index in [0.717, 1.165) is 38.5 Å². The van der Waals surface area contributed by atoms with Gasteiger partial charge in [0.1, 0.15) is 6.61 Å². The summed E-state index contributed by atoms with van der Waals surface area (Å²) in [6, 6.07) is 0.0828. The highest BCUT2D eigenvalue weighted by molar-refractivity contribution is 5.94. The summed E-state index contributed by atoms with van der Waals surface area (Å²) in [5.74, 6) is 0.0283. The second-order valence-electron chi connectivity index (χ2n) is 10.2. The van der Waals surface area contributed by atoms with Crippen LogP contribution in [0.1, 0.15) is 79.6 Å². The Kier molecular flexibility index (Phi) is 9.89. The maximum atomic E-state index is 13.5. The molecule has 0 aromatic heterocycles. The maximum Gasteiger partial charge on any atom is 0.410 e. The third-order valence-corrected chi connectivity index (χ3v) is 6.60. The first-order valence-corrected chi connectivity index (χ1v) is 12.3. The van der Waals surface area contributed by atoms with Gasteiger partial charge in [-0.1, -0.05) is 45.3 Å². The molecule has 0 unspecified atom stereocenters. The number of ketones is 2. The molecule has 2 rings (SSSR count). The second-order valence-corrected chi connectivity index (χ2v) is 10.2. The van der Waals surface area contributed by atoms with Crippen LogP contribution >= 0.6 is 0 Å². The minimum absolute atomic E-state index is 0.00899. The fourth-order valence-electron chi connectivity index (χ4n) is 4.82. The van der Waals surface area contributed by atoms with Crippen LogP contribution in [0, 0.1) is 5.92 Å². The lowest BCUT2D eigenvalue weighted by atomic mass is 9.83. The molecule has 2 aliphatic rings. The van der Waals surface area contributed by atoms with Crippen molar-refractivity contribution in [1.82, 2.24) is 15.5 Å². The third kappa shape index (κ3) is 7.14. The van der Waals surface area contributed by atoms with Crippen LogP contribution in [0.5, 0.6) is 0 Å². The van der Waals surface area contributed by atoms with Gasteiger partial charge in [-0.15, -0.1) is 0 Å². The van der Waals surface area contributed by atoms with Crippen molar-refractivity contribution in [2.24, 2.45) is 5.92 Å². The maximum absolute atomic E-state index is 13.5. The topological polar surface area (TPSA) is 87.7 Å². The predicted octanol–water partition coefficient (Wildman–Crippen LogP) is 3.62. The Hall–Kier alpha value is -1.73. The van der Waals surface area contributed by atoms with E-state index in [-0.39, 0.29) is 49.3 Å². The molecule has 2 N–H and O–H groups in total. The molecule has 2 atom stereocenters. The lowest BCUT2D eigenvalue weighted by molar-refractivity contribution is -0.129. The van der Waals surface area contributed by atoms with Crippen molar-refractivity contribution < 1.29 is 19.1 Å². The lowest BCUT2D eigenvalue weighted by Gasteiger charge is -2.35. The van der Waals surface area contributed by atoms with Crippen LogP contribution in [0.25, 0.3) is 0 Å². The van der Waals surface area contributed by atoms with Crippen LogP contribution in [0.4, 0.5) is 4.79 Å². The van der Waals surface area contributed by atoms with Crippen molar-refractivity contribution in [2.75, 3.05) is 26.2 Å². The number of rotatable bonds is 4. The van der Waals surface area contributed by atoms with E-state index in [2.05, 4.69) is 16.7 Å². The van der Waals surface area contributed by atoms with Gasteiger partial charge in [0.15, 0.2) is 11.6 Å². The first-order chi connectivity index (χ1) is 15.1. The first-order valence-electron chi connectivity index (χ1n) is 12.3. The van der Waals surface area contributed by atoms with Crippen LogP contribution < -0.4 is 10.6 Å². The molecular weight excluding hydrogens is 406 g/mol. The highest BCUT2D eigenvalue weighted by atomic mass is 16.6. The molecule has 7 heteroatoms. The van der Waals surface area contributed by atoms with Crippen molar-refractivity contribution >= 4 is 17.7 Å². The Morgan fingerprint density at radius 2 is 1.81 bits per heavy atom. The monoisotopic (exact) mass is 449 g/mol. The van der Waals surface area contributed by atoms with E-state index in [4.69, 9.17) is 4.74 Å². The van der Waals surface area contributed by atoms with E-state index in [1.54, 1.807) is 4.90 Å². The van der Waals surface area contributed by atoms with E-state index in [0.29, 0.717) is 13.0 Å². The number of nitrogens with one attached hydrogen (secondary N) is 2. The van der Waals surface area contributed by atoms with Gasteiger partial charge in [-0.25, -0.2) is 4.79 Å². The molecule has 32 heavy (non-hydrogen) atoms. The summed E-state index contributed by atoms with van der Waals surface area (Å²) < 4.78 is 5.39. The van der Waals surface area contributed by atoms with Gasteiger partial charge >= 0.3 is 6.09 Å². The Morgan fingerprint density at radius 3 is 2.50 bits per heavy atom. The Labute approximate surface area is 193 Å². The number of cyclic esters (lactones) is 1. The summed E-state index contributed by atoms with van der Waals surface area (Å²) >= 11 is 0. The largest absolute Gasteiger partial charge is 0.445 e. The molecule has 182 valence electrons. The summed E-state index contributed by atoms with van der Waals surface area (Å²) in [6.07, 6.45) is 9.92. The zero-order valence-corrected chi connectivity index (χ0v) is 20.7. The lowest BCUT2D eigenvalue weighted by Crippen LogP contribution is -2.61. The molecule has 2 heterocycles. The quantitative estimate of drug-likeness (QED) is 0.638. The number of carbonyl (C=O) groups excluding carboxylic acids is 3. The first kappa shape index (κ1) is 26.5. The number of hydrogen-bond donors (Lipinski definition) is 2. The highest BCUT2D eigenvalue weighted by Gasteiger charge is 2.47. The van der Waals surface area contributed by atoms with Crippen LogP contribution in [0.15, 0.2) is 12.2 Å². The number of ether oxygens (including phenoxy) is 1. The van der Waals surface area contributed by atoms with E-state index < -0.39 is 11.1 Å². The number of hydrogen-bond acceptors (Lipinski definition) is 6. The SMILES string of the molecule is CC(C)N[C@]12CCN(C1)C(=O)OC/C=C/CCCCCC[C@@](C)(C(=O)C(C)C)NCC2=O. The summed E-state index contributed by atoms with van der Waals surface area (Å²) in [7, 11) is 0. The summed E-state index contributed by atoms with van der Waals surface area (Å²) in [5.41, 5.74) is -1.56. The average Bonchev–Trinajstić information content (AvgIpc) is 3.16. The van der Waals surface area contributed by atoms with E-state index in [9.17, 15) is 14.4 Å². The van der Waals surface area contributed by atoms with Crippen LogP contribution in [-0.2, 0) is 14.3 Å². The van der Waals surface area contributed by atoms with Crippen LogP contribution in [0.3, 0.4) is 0 Å². The molecule has 0 saturated carbocycles. The molecule has 7 nitrogen and oxygen atoms in total. The smallest absolute Gasteiger partial charge is 0.410 e. The Morgan fingerprint density at radius 1 is 1.09 bits per heavy atom. The van der Waals surface area contributed by atoms with Gasteiger partial charge in [0, 0.05) is 25.0 Å². The number of carbonyl (C=O) groups is 3. The normalized spacial score (nSPS) is 30.2. The van der Waals surface area contributed by atoms with Crippen molar-refractivity contribution in [3.63, 3.8) is 0 Å². The molecule has 2 bridgehead atoms. The molecule has 0 spiro atoms. The fraction of sp³-hybridized carbons (Fsp3) is 0.800. The molecule has 0 aliphatic carbocycles. The minimum atomic E-state index is -0.830. The predicted molar refractivity (Wildman–Crippen MR) is 127 cm³/mol. The zero-order chi connectivity index (χ0) is 23.8. The molecule has 1 fully saturated rings. The van der Waals surface area contributed by atoms with Gasteiger partial charge in [-0.05, 0) is 46.5 Å². The molecular formula is C25H43N3O4. The van der Waals surface area contributed by atoms with Crippen molar-refractivity contribution in [3.8, 4) is 0 Å². The summed E-state index contributed by atoms with van der Waals surface area (Å²) in [6.45, 7) is 10.9. The van der Waals surface area contributed by atoms with Gasteiger partial charge < -0.3 is 15.0 Å². The summed E-state index contributed by atoms with van der Waals surface area (Å²) in [5, 5.41) is 6.76. The molecule has 0 radical (unpaired) electrons. The highest BCUT2D eigenvalue weighted by Crippen LogP contribution is 2.26. The average molecular weight is 450 g/mol. The molecule has 2 aliphatic heterocycles. The molecule has 0 aromatic carbocycles. The summed E-state index contributed by atoms with van der Waals surface area (Å²) in [4.78, 5) is 40.7.